The van der Waals surface area contributed by atoms with Crippen molar-refractivity contribution in [3.63, 3.8) is 0 Å². The second-order valence-corrected chi connectivity index (χ2v) is 38.2. The Balaban J connectivity index is 1.07. The number of amides is 2. The lowest BCUT2D eigenvalue weighted by molar-refractivity contribution is 0.0622. The summed E-state index contributed by atoms with van der Waals surface area (Å²) in [5.41, 5.74) is 6.87. The van der Waals surface area contributed by atoms with E-state index in [1.807, 2.05) is 56.7 Å². The number of thiophene rings is 7. The molecule has 0 fully saturated rings. The van der Waals surface area contributed by atoms with Gasteiger partial charge in [0.25, 0.3) is 11.8 Å². The minimum atomic E-state index is -0.0502. The maximum Gasteiger partial charge on any atom is 0.263 e. The fourth-order valence-corrected chi connectivity index (χ4v) is 24.5. The predicted octanol–water partition coefficient (Wildman–Crippen LogP) is 33.3. The quantitative estimate of drug-likeness (QED) is 0.0281. The predicted molar refractivity (Wildman–Crippen MR) is 462 cm³/mol. The first kappa shape index (κ1) is 80.8. The van der Waals surface area contributed by atoms with Crippen LogP contribution in [0.3, 0.4) is 0 Å². The summed E-state index contributed by atoms with van der Waals surface area (Å²) in [6.45, 7) is 19.2. The van der Waals surface area contributed by atoms with E-state index >= 15 is 9.59 Å². The van der Waals surface area contributed by atoms with Crippen LogP contribution in [0.2, 0.25) is 0 Å². The molecule has 0 bridgehead atoms. The molecule has 0 saturated carbocycles. The summed E-state index contributed by atoms with van der Waals surface area (Å²) in [5, 5.41) is 10.2. The molecule has 0 radical (unpaired) electrons. The molecule has 2 amide bonds. The van der Waals surface area contributed by atoms with Crippen molar-refractivity contribution >= 4 is 122 Å². The third kappa shape index (κ3) is 22.0. The highest BCUT2D eigenvalue weighted by molar-refractivity contribution is 7.30. The zero-order valence-electron chi connectivity index (χ0n) is 64.6. The van der Waals surface area contributed by atoms with Gasteiger partial charge in [-0.1, -0.05) is 287 Å². The monoisotopic (exact) mass is 1500 g/mol. The van der Waals surface area contributed by atoms with E-state index in [0.29, 0.717) is 29.5 Å². The minimum Gasteiger partial charge on any atom is -0.274 e. The molecule has 8 heterocycles. The molecule has 9 aromatic rings. The second-order valence-electron chi connectivity index (χ2n) is 30.9. The fourth-order valence-electron chi connectivity index (χ4n) is 16.3. The molecule has 0 N–H and O–H groups in total. The number of imide groups is 1. The molecule has 0 saturated heterocycles. The van der Waals surface area contributed by atoms with E-state index in [2.05, 4.69) is 127 Å². The van der Waals surface area contributed by atoms with Crippen LogP contribution in [0.1, 0.15) is 354 Å². The van der Waals surface area contributed by atoms with Crippen LogP contribution in [-0.4, -0.2) is 23.3 Å². The van der Waals surface area contributed by atoms with Crippen LogP contribution in [0.5, 0.6) is 0 Å². The van der Waals surface area contributed by atoms with Crippen molar-refractivity contribution in [3.8, 4) is 50.1 Å². The largest absolute Gasteiger partial charge is 0.274 e. The van der Waals surface area contributed by atoms with Gasteiger partial charge in [-0.05, 0) is 152 Å². The molecule has 556 valence electrons. The van der Waals surface area contributed by atoms with Crippen molar-refractivity contribution in [1.29, 1.82) is 0 Å². The van der Waals surface area contributed by atoms with E-state index in [-0.39, 0.29) is 11.8 Å². The van der Waals surface area contributed by atoms with Crippen LogP contribution in [0, 0.1) is 17.8 Å². The van der Waals surface area contributed by atoms with Crippen LogP contribution >= 0.6 is 79.4 Å². The van der Waals surface area contributed by atoms with Crippen LogP contribution in [-0.2, 0) is 25.7 Å². The number of aryl methyl sites for hydroxylation is 2. The van der Waals surface area contributed by atoms with Gasteiger partial charge in [-0.15, -0.1) is 79.4 Å². The van der Waals surface area contributed by atoms with E-state index in [0.717, 1.165) is 64.0 Å². The molecule has 3 unspecified atom stereocenters. The van der Waals surface area contributed by atoms with E-state index in [4.69, 9.17) is 0 Å². The first-order chi connectivity index (χ1) is 50.1. The van der Waals surface area contributed by atoms with Gasteiger partial charge in [0, 0.05) is 87.6 Å². The Kier molecular flexibility index (Phi) is 34.3. The Labute approximate surface area is 646 Å². The molecule has 0 aliphatic carbocycles. The Morgan fingerprint density at radius 3 is 1.31 bits per heavy atom. The van der Waals surface area contributed by atoms with Gasteiger partial charge < -0.3 is 0 Å². The smallest absolute Gasteiger partial charge is 0.263 e. The van der Waals surface area contributed by atoms with Gasteiger partial charge in [0.1, 0.15) is 0 Å². The lowest BCUT2D eigenvalue weighted by Crippen LogP contribution is -2.35. The average Bonchev–Trinajstić information content (AvgIpc) is 1.54. The zero-order valence-corrected chi connectivity index (χ0v) is 70.3. The normalized spacial score (nSPS) is 13.6. The van der Waals surface area contributed by atoms with Gasteiger partial charge in [0.05, 0.1) is 20.9 Å². The molecule has 102 heavy (non-hydrogen) atoms. The van der Waals surface area contributed by atoms with Gasteiger partial charge in [-0.3, -0.25) is 14.5 Å². The van der Waals surface area contributed by atoms with Crippen molar-refractivity contribution in [2.75, 3.05) is 6.54 Å². The first-order valence-corrected chi connectivity index (χ1v) is 47.8. The van der Waals surface area contributed by atoms with Crippen molar-refractivity contribution in [2.24, 2.45) is 17.8 Å². The summed E-state index contributed by atoms with van der Waals surface area (Å²) in [6, 6.07) is 24.9. The Morgan fingerprint density at radius 1 is 0.343 bits per heavy atom. The van der Waals surface area contributed by atoms with E-state index in [1.54, 1.807) is 27.6 Å². The maximum absolute atomic E-state index is 15.9. The Bertz CT molecular complexity index is 3940. The number of carbonyl (C=O) groups excluding carboxylic acids is 2. The van der Waals surface area contributed by atoms with Gasteiger partial charge in [-0.2, -0.15) is 0 Å². The van der Waals surface area contributed by atoms with Crippen molar-refractivity contribution < 1.29 is 9.59 Å². The lowest BCUT2D eigenvalue weighted by atomic mass is 9.93. The highest BCUT2D eigenvalue weighted by Crippen LogP contribution is 2.55. The summed E-state index contributed by atoms with van der Waals surface area (Å²) in [4.78, 5) is 46.2. The number of benzene rings is 2. The SMILES string of the molecule is CCCCCCCCCCc1csc(-c2sc(-c3cc(CCCCCCCCCC)c(-c4cc5c(-c6ccc(CC(CC)CCCC)s6)cc6c(cc(-c7ccc(CC(CC)CCCC)s7)c7ccsc76)c5s4)s3)c3c2C(=O)N(CC(CCCCCCCC)CCCCCCCCCC)C3=O)c1. The lowest BCUT2D eigenvalue weighted by Gasteiger charge is -2.23. The third-order valence-corrected chi connectivity index (χ3v) is 31.0. The summed E-state index contributed by atoms with van der Waals surface area (Å²) >= 11 is 13.4. The number of carbonyl (C=O) groups is 2. The number of nitrogens with zero attached hydrogens (tertiary/aromatic N) is 1. The highest BCUT2D eigenvalue weighted by atomic mass is 32.1. The van der Waals surface area contributed by atoms with Crippen LogP contribution in [0.25, 0.3) is 81.1 Å². The fraction of sp³-hybridized carbons (Fsp3) is 0.609. The standard InChI is InChI=1S/C92H129NO2S7/c1-9-17-23-27-31-34-38-42-48-68(47-41-37-30-26-20-12-4)64-93-91(94)84-85(92(93)95)90(102-89(84)81-59-69(65-97-81)49-43-39-35-32-28-24-18-10-2)82-60-70(50-44-40-36-33-29-25-19-11-3)86(100-82)83-63-78-75(80-54-52-72(99-80)58-67(16-8)46-22-14-6)62-76-77(88(78)101-83)61-74(73-55-56-96-87(73)76)79-53-51-71(98-79)57-66(15-7)45-21-13-5/h51-56,59-63,65-68H,9-50,57-58,64H2,1-8H3. The van der Waals surface area contributed by atoms with Gasteiger partial charge in [-0.25, -0.2) is 0 Å². The molecular formula is C92H129NO2S7. The Morgan fingerprint density at radius 2 is 0.794 bits per heavy atom. The average molecular weight is 1510 g/mol. The van der Waals surface area contributed by atoms with Gasteiger partial charge in [0.15, 0.2) is 0 Å². The summed E-state index contributed by atoms with van der Waals surface area (Å²) < 4.78 is 2.78. The number of hydrogen-bond acceptors (Lipinski definition) is 9. The number of unbranched alkanes of at least 4 members (excludes halogenated alkanes) is 28. The number of hydrogen-bond donors (Lipinski definition) is 0. The second kappa shape index (κ2) is 43.3. The molecule has 10 rings (SSSR count). The zero-order chi connectivity index (χ0) is 71.4. The highest BCUT2D eigenvalue weighted by Gasteiger charge is 2.44. The molecule has 2 aromatic carbocycles. The molecule has 10 heteroatoms. The molecule has 3 nitrogen and oxygen atoms in total. The van der Waals surface area contributed by atoms with Crippen molar-refractivity contribution in [1.82, 2.24) is 4.90 Å². The van der Waals surface area contributed by atoms with E-state index in [9.17, 15) is 0 Å². The van der Waals surface area contributed by atoms with Gasteiger partial charge >= 0.3 is 0 Å². The maximum atomic E-state index is 15.9. The van der Waals surface area contributed by atoms with Crippen LogP contribution in [0.4, 0.5) is 0 Å². The minimum absolute atomic E-state index is 0.0488. The van der Waals surface area contributed by atoms with Crippen LogP contribution in [0.15, 0.2) is 71.4 Å². The molecule has 7 aromatic heterocycles. The Hall–Kier alpha value is -3.74. The molecule has 0 spiro atoms. The molecule has 3 atom stereocenters. The number of fused-ring (bicyclic) bond motifs is 6. The van der Waals surface area contributed by atoms with Gasteiger partial charge in [0.2, 0.25) is 0 Å². The summed E-state index contributed by atoms with van der Waals surface area (Å²) in [5.74, 6) is 1.65. The van der Waals surface area contributed by atoms with E-state index < -0.39 is 0 Å². The summed E-state index contributed by atoms with van der Waals surface area (Å²) in [6.07, 6.45) is 55.2. The summed E-state index contributed by atoms with van der Waals surface area (Å²) in [7, 11) is 0. The molecule has 1 aliphatic rings. The van der Waals surface area contributed by atoms with Crippen LogP contribution < -0.4 is 0 Å². The van der Waals surface area contributed by atoms with E-state index in [1.165, 1.54) is 326 Å². The van der Waals surface area contributed by atoms with Crippen molar-refractivity contribution in [2.45, 2.75) is 338 Å². The number of rotatable bonds is 53. The first-order valence-electron chi connectivity index (χ1n) is 42.0. The topological polar surface area (TPSA) is 37.4 Å². The molecular weight excluding hydrogens is 1380 g/mol. The molecule has 1 aliphatic heterocycles. The third-order valence-electron chi connectivity index (χ3n) is 22.7. The van der Waals surface area contributed by atoms with Crippen molar-refractivity contribution in [3.05, 3.63) is 103 Å².